The third kappa shape index (κ3) is 5.46. The second-order valence-electron chi connectivity index (χ2n) is 7.05. The molecule has 0 radical (unpaired) electrons. The summed E-state index contributed by atoms with van der Waals surface area (Å²) in [6.07, 6.45) is 0. The van der Waals surface area contributed by atoms with Crippen molar-refractivity contribution < 1.29 is 19.2 Å². The van der Waals surface area contributed by atoms with E-state index in [2.05, 4.69) is 11.1 Å². The first-order chi connectivity index (χ1) is 14.0. The third-order valence-electron chi connectivity index (χ3n) is 4.62. The molecule has 0 saturated carbocycles. The number of nitrogens with one attached hydrogen (secondary N) is 1. The van der Waals surface area contributed by atoms with Crippen LogP contribution in [0.15, 0.2) is 42.5 Å². The van der Waals surface area contributed by atoms with Crippen LogP contribution in [-0.4, -0.2) is 50.1 Å². The number of methoxy groups -OCH3 is 1. The molecule has 0 aliphatic rings. The number of aromatic nitrogens is 1. The molecule has 0 aliphatic heterocycles. The van der Waals surface area contributed by atoms with Crippen molar-refractivity contribution in [2.24, 2.45) is 0 Å². The van der Waals surface area contributed by atoms with Gasteiger partial charge in [-0.3, -0.25) is 4.79 Å². The number of fused-ring (bicyclic) bond motifs is 1. The second-order valence-corrected chi connectivity index (χ2v) is 8.17. The van der Waals surface area contributed by atoms with E-state index in [-0.39, 0.29) is 5.91 Å². The maximum Gasteiger partial charge on any atom is 0.277 e. The number of carbonyl (C=O) groups is 1. The summed E-state index contributed by atoms with van der Waals surface area (Å²) in [6, 6.07) is 14.0. The third-order valence-corrected chi connectivity index (χ3v) is 5.64. The Morgan fingerprint density at radius 1 is 1.21 bits per heavy atom. The summed E-state index contributed by atoms with van der Waals surface area (Å²) < 4.78 is 12.1. The predicted molar refractivity (Wildman–Crippen MR) is 116 cm³/mol. The first-order valence-corrected chi connectivity index (χ1v) is 10.5. The van der Waals surface area contributed by atoms with Gasteiger partial charge in [0.15, 0.2) is 18.0 Å². The Balaban J connectivity index is 1.56. The van der Waals surface area contributed by atoms with Gasteiger partial charge in [0.25, 0.3) is 5.91 Å². The van der Waals surface area contributed by atoms with E-state index in [4.69, 9.17) is 9.47 Å². The van der Waals surface area contributed by atoms with Crippen LogP contribution in [0.5, 0.6) is 11.5 Å². The summed E-state index contributed by atoms with van der Waals surface area (Å²) in [4.78, 5) is 20.1. The standard InChI is InChI=1S/C22H27N3O3S/c1-5-28-18-11-10-16(12-19(18)27-4)13-24(2)15-22(26)25(3)14-21-23-17-8-6-7-9-20(17)29-21/h6-12H,5,13-15H2,1-4H3/p+1. The zero-order chi connectivity index (χ0) is 20.8. The lowest BCUT2D eigenvalue weighted by atomic mass is 10.2. The van der Waals surface area contributed by atoms with Gasteiger partial charge in [0.2, 0.25) is 0 Å². The summed E-state index contributed by atoms with van der Waals surface area (Å²) >= 11 is 1.64. The molecule has 2 aromatic carbocycles. The van der Waals surface area contributed by atoms with E-state index in [9.17, 15) is 4.79 Å². The monoisotopic (exact) mass is 414 g/mol. The highest BCUT2D eigenvalue weighted by Crippen LogP contribution is 2.27. The number of hydrogen-bond acceptors (Lipinski definition) is 5. The summed E-state index contributed by atoms with van der Waals surface area (Å²) in [7, 11) is 5.49. The first kappa shape index (κ1) is 21.1. The molecule has 29 heavy (non-hydrogen) atoms. The maximum atomic E-state index is 12.7. The molecule has 0 fully saturated rings. The van der Waals surface area contributed by atoms with Gasteiger partial charge in [0.05, 0.1) is 37.5 Å². The molecule has 1 atom stereocenters. The van der Waals surface area contributed by atoms with Crippen molar-refractivity contribution in [2.75, 3.05) is 34.4 Å². The number of ether oxygens (including phenoxy) is 2. The van der Waals surface area contributed by atoms with Crippen molar-refractivity contribution in [1.82, 2.24) is 9.88 Å². The minimum atomic E-state index is 0.0969. The summed E-state index contributed by atoms with van der Waals surface area (Å²) in [5, 5.41) is 0.955. The van der Waals surface area contributed by atoms with Crippen LogP contribution in [0, 0.1) is 0 Å². The molecule has 0 spiro atoms. The molecule has 0 aliphatic carbocycles. The van der Waals surface area contributed by atoms with Gasteiger partial charge in [-0.05, 0) is 37.3 Å². The summed E-state index contributed by atoms with van der Waals surface area (Å²) in [5.74, 6) is 1.55. The number of benzene rings is 2. The van der Waals surface area contributed by atoms with E-state index >= 15 is 0 Å². The van der Waals surface area contributed by atoms with Crippen molar-refractivity contribution >= 4 is 27.5 Å². The van der Waals surface area contributed by atoms with Gasteiger partial charge in [-0.25, -0.2) is 4.98 Å². The van der Waals surface area contributed by atoms with E-state index in [0.29, 0.717) is 19.7 Å². The average molecular weight is 415 g/mol. The fourth-order valence-corrected chi connectivity index (χ4v) is 4.20. The number of nitrogens with zero attached hydrogens (tertiary/aromatic N) is 2. The molecule has 6 nitrogen and oxygen atoms in total. The number of thiazole rings is 1. The van der Waals surface area contributed by atoms with Gasteiger partial charge in [-0.15, -0.1) is 11.3 Å². The highest BCUT2D eigenvalue weighted by atomic mass is 32.1. The number of likely N-dealkylation sites (N-methyl/N-ethyl adjacent to an activating group) is 2. The van der Waals surface area contributed by atoms with Gasteiger partial charge in [0.1, 0.15) is 11.6 Å². The molecule has 1 aromatic heterocycles. The SMILES string of the molecule is CCOc1ccc(C[NH+](C)CC(=O)N(C)Cc2nc3ccccc3s2)cc1OC. The number of carbonyl (C=O) groups excluding carboxylic acids is 1. The molecular weight excluding hydrogens is 386 g/mol. The molecule has 154 valence electrons. The number of hydrogen-bond donors (Lipinski definition) is 1. The van der Waals surface area contributed by atoms with E-state index in [0.717, 1.165) is 43.7 Å². The number of para-hydroxylation sites is 1. The Hall–Kier alpha value is -2.64. The van der Waals surface area contributed by atoms with E-state index in [1.54, 1.807) is 23.3 Å². The summed E-state index contributed by atoms with van der Waals surface area (Å²) in [5.41, 5.74) is 2.09. The van der Waals surface area contributed by atoms with Crippen molar-refractivity contribution in [3.8, 4) is 11.5 Å². The quantitative estimate of drug-likeness (QED) is 0.584. The Kier molecular flexibility index (Phi) is 7.06. The first-order valence-electron chi connectivity index (χ1n) is 9.69. The Labute approximate surface area is 175 Å². The summed E-state index contributed by atoms with van der Waals surface area (Å²) in [6.45, 7) is 4.21. The molecule has 0 bridgehead atoms. The van der Waals surface area contributed by atoms with Gasteiger partial charge in [-0.2, -0.15) is 0 Å². The molecule has 7 heteroatoms. The van der Waals surface area contributed by atoms with Crippen molar-refractivity contribution in [3.63, 3.8) is 0 Å². The normalized spacial score (nSPS) is 12.0. The number of quaternary nitrogens is 1. The predicted octanol–water partition coefficient (Wildman–Crippen LogP) is 2.38. The van der Waals surface area contributed by atoms with Gasteiger partial charge in [0, 0.05) is 12.6 Å². The van der Waals surface area contributed by atoms with E-state index in [1.165, 1.54) is 0 Å². The van der Waals surface area contributed by atoms with Crippen molar-refractivity contribution in [3.05, 3.63) is 53.0 Å². The van der Waals surface area contributed by atoms with Gasteiger partial charge < -0.3 is 19.3 Å². The lowest BCUT2D eigenvalue weighted by Gasteiger charge is -2.19. The van der Waals surface area contributed by atoms with Crippen LogP contribution >= 0.6 is 11.3 Å². The largest absolute Gasteiger partial charge is 0.493 e. The van der Waals surface area contributed by atoms with Crippen LogP contribution in [-0.2, 0) is 17.9 Å². The molecule has 1 amide bonds. The van der Waals surface area contributed by atoms with E-state index in [1.807, 2.05) is 57.4 Å². The highest BCUT2D eigenvalue weighted by Gasteiger charge is 2.17. The fourth-order valence-electron chi connectivity index (χ4n) is 3.18. The Bertz CT molecular complexity index is 940. The highest BCUT2D eigenvalue weighted by molar-refractivity contribution is 7.18. The molecule has 1 heterocycles. The molecule has 0 saturated heterocycles. The molecule has 1 unspecified atom stereocenters. The molecule has 1 N–H and O–H groups in total. The Morgan fingerprint density at radius 3 is 2.72 bits per heavy atom. The van der Waals surface area contributed by atoms with Crippen molar-refractivity contribution in [1.29, 1.82) is 0 Å². The fraction of sp³-hybridized carbons (Fsp3) is 0.364. The topological polar surface area (TPSA) is 56.1 Å². The zero-order valence-electron chi connectivity index (χ0n) is 17.4. The average Bonchev–Trinajstić information content (AvgIpc) is 3.11. The van der Waals surface area contributed by atoms with Gasteiger partial charge in [-0.1, -0.05) is 12.1 Å². The lowest BCUT2D eigenvalue weighted by molar-refractivity contribution is -0.885. The van der Waals surface area contributed by atoms with Crippen LogP contribution in [0.1, 0.15) is 17.5 Å². The van der Waals surface area contributed by atoms with E-state index < -0.39 is 0 Å². The minimum absolute atomic E-state index is 0.0969. The molecule has 3 rings (SSSR count). The minimum Gasteiger partial charge on any atom is -0.493 e. The molecule has 3 aromatic rings. The zero-order valence-corrected chi connectivity index (χ0v) is 18.2. The maximum absolute atomic E-state index is 12.7. The Morgan fingerprint density at radius 2 is 2.00 bits per heavy atom. The lowest BCUT2D eigenvalue weighted by Crippen LogP contribution is -3.08. The number of amides is 1. The van der Waals surface area contributed by atoms with Crippen LogP contribution in [0.25, 0.3) is 10.2 Å². The smallest absolute Gasteiger partial charge is 0.277 e. The van der Waals surface area contributed by atoms with Crippen LogP contribution < -0.4 is 14.4 Å². The van der Waals surface area contributed by atoms with Crippen LogP contribution in [0.2, 0.25) is 0 Å². The van der Waals surface area contributed by atoms with Crippen molar-refractivity contribution in [2.45, 2.75) is 20.0 Å². The van der Waals surface area contributed by atoms with Crippen LogP contribution in [0.3, 0.4) is 0 Å². The molecular formula is C22H28N3O3S+. The van der Waals surface area contributed by atoms with Gasteiger partial charge >= 0.3 is 0 Å². The number of rotatable bonds is 9. The van der Waals surface area contributed by atoms with Crippen LogP contribution in [0.4, 0.5) is 0 Å². The second kappa shape index (κ2) is 9.71.